The first-order valence-corrected chi connectivity index (χ1v) is 5.51. The molecule has 2 atom stereocenters. The third-order valence-corrected chi connectivity index (χ3v) is 3.08. The summed E-state index contributed by atoms with van der Waals surface area (Å²) in [7, 11) is 0. The molecule has 13 heavy (non-hydrogen) atoms. The minimum Gasteiger partial charge on any atom is -0.465 e. The summed E-state index contributed by atoms with van der Waals surface area (Å²) < 4.78 is 5.75. The number of ether oxygens (including phenoxy) is 1. The lowest BCUT2D eigenvalue weighted by Gasteiger charge is -2.28. The van der Waals surface area contributed by atoms with E-state index in [0.717, 1.165) is 18.3 Å². The van der Waals surface area contributed by atoms with Crippen LogP contribution in [0, 0.1) is 5.92 Å². The molecule has 4 heteroatoms. The number of piperidine rings is 1. The first-order chi connectivity index (χ1) is 6.36. The van der Waals surface area contributed by atoms with Gasteiger partial charge in [0.05, 0.1) is 0 Å². The summed E-state index contributed by atoms with van der Waals surface area (Å²) in [6.07, 6.45) is 3.26. The standard InChI is InChI=1S/C9H14N2OS/c1-7-2-3-10-6-8(7)12-9-11-4-5-13-9/h4-5,7-8,10H,2-3,6H2,1H3. The van der Waals surface area contributed by atoms with E-state index in [0.29, 0.717) is 12.0 Å². The second-order valence-corrected chi connectivity index (χ2v) is 4.28. The highest BCUT2D eigenvalue weighted by Crippen LogP contribution is 2.21. The SMILES string of the molecule is CC1CCNCC1Oc1nccs1. The van der Waals surface area contributed by atoms with Crippen molar-refractivity contribution in [3.05, 3.63) is 11.6 Å². The third-order valence-electron chi connectivity index (χ3n) is 2.42. The first-order valence-electron chi connectivity index (χ1n) is 4.63. The van der Waals surface area contributed by atoms with Gasteiger partial charge in [-0.15, -0.1) is 0 Å². The Balaban J connectivity index is 1.93. The van der Waals surface area contributed by atoms with E-state index in [9.17, 15) is 0 Å². The van der Waals surface area contributed by atoms with E-state index in [-0.39, 0.29) is 0 Å². The van der Waals surface area contributed by atoms with Crippen LogP contribution in [0.2, 0.25) is 0 Å². The zero-order chi connectivity index (χ0) is 9.10. The van der Waals surface area contributed by atoms with Crippen LogP contribution in [0.4, 0.5) is 0 Å². The van der Waals surface area contributed by atoms with Gasteiger partial charge < -0.3 is 10.1 Å². The Hall–Kier alpha value is -0.610. The molecule has 0 aliphatic carbocycles. The van der Waals surface area contributed by atoms with Crippen LogP contribution in [0.15, 0.2) is 11.6 Å². The van der Waals surface area contributed by atoms with Crippen LogP contribution in [-0.4, -0.2) is 24.2 Å². The van der Waals surface area contributed by atoms with Crippen LogP contribution in [0.3, 0.4) is 0 Å². The fraction of sp³-hybridized carbons (Fsp3) is 0.667. The second kappa shape index (κ2) is 4.07. The van der Waals surface area contributed by atoms with Gasteiger partial charge in [0.2, 0.25) is 0 Å². The number of hydrogen-bond acceptors (Lipinski definition) is 4. The Bertz CT molecular complexity index is 250. The summed E-state index contributed by atoms with van der Waals surface area (Å²) in [4.78, 5) is 4.11. The summed E-state index contributed by atoms with van der Waals surface area (Å²) in [5.41, 5.74) is 0. The number of nitrogens with one attached hydrogen (secondary N) is 1. The molecule has 1 aliphatic rings. The highest BCUT2D eigenvalue weighted by Gasteiger charge is 2.23. The topological polar surface area (TPSA) is 34.1 Å². The lowest BCUT2D eigenvalue weighted by molar-refractivity contribution is 0.114. The molecule has 1 N–H and O–H groups in total. The molecule has 1 aromatic heterocycles. The molecule has 2 heterocycles. The van der Waals surface area contributed by atoms with Gasteiger partial charge in [-0.05, 0) is 18.9 Å². The van der Waals surface area contributed by atoms with Gasteiger partial charge >= 0.3 is 0 Å². The molecule has 2 rings (SSSR count). The lowest BCUT2D eigenvalue weighted by Crippen LogP contribution is -2.42. The van der Waals surface area contributed by atoms with E-state index < -0.39 is 0 Å². The Morgan fingerprint density at radius 1 is 1.69 bits per heavy atom. The fourth-order valence-electron chi connectivity index (χ4n) is 1.52. The highest BCUT2D eigenvalue weighted by atomic mass is 32.1. The fourth-order valence-corrected chi connectivity index (χ4v) is 2.06. The molecule has 1 aromatic rings. The molecule has 0 saturated carbocycles. The van der Waals surface area contributed by atoms with Crippen molar-refractivity contribution in [1.29, 1.82) is 0 Å². The number of nitrogens with zero attached hydrogens (tertiary/aromatic N) is 1. The summed E-state index contributed by atoms with van der Waals surface area (Å²) in [6, 6.07) is 0. The van der Waals surface area contributed by atoms with Gasteiger partial charge in [-0.1, -0.05) is 18.3 Å². The van der Waals surface area contributed by atoms with E-state index in [1.54, 1.807) is 17.5 Å². The summed E-state index contributed by atoms with van der Waals surface area (Å²) in [5, 5.41) is 6.06. The normalized spacial score (nSPS) is 28.7. The van der Waals surface area contributed by atoms with Crippen LogP contribution in [0.1, 0.15) is 13.3 Å². The van der Waals surface area contributed by atoms with Crippen molar-refractivity contribution < 1.29 is 4.74 Å². The van der Waals surface area contributed by atoms with Crippen molar-refractivity contribution >= 4 is 11.3 Å². The molecule has 0 bridgehead atoms. The van der Waals surface area contributed by atoms with Gasteiger partial charge in [0, 0.05) is 18.1 Å². The predicted molar refractivity (Wildman–Crippen MR) is 53.2 cm³/mol. The average molecular weight is 198 g/mol. The Kier molecular flexibility index (Phi) is 2.80. The minimum absolute atomic E-state index is 0.292. The number of hydrogen-bond donors (Lipinski definition) is 1. The maximum Gasteiger partial charge on any atom is 0.273 e. The van der Waals surface area contributed by atoms with Gasteiger partial charge in [0.25, 0.3) is 5.19 Å². The number of rotatable bonds is 2. The van der Waals surface area contributed by atoms with Crippen LogP contribution in [0.5, 0.6) is 5.19 Å². The molecule has 0 spiro atoms. The molecule has 72 valence electrons. The van der Waals surface area contributed by atoms with E-state index in [4.69, 9.17) is 4.74 Å². The van der Waals surface area contributed by atoms with Gasteiger partial charge in [0.1, 0.15) is 6.10 Å². The molecule has 3 nitrogen and oxygen atoms in total. The van der Waals surface area contributed by atoms with E-state index in [2.05, 4.69) is 17.2 Å². The van der Waals surface area contributed by atoms with E-state index in [1.165, 1.54) is 6.42 Å². The maximum absolute atomic E-state index is 5.75. The van der Waals surface area contributed by atoms with Crippen molar-refractivity contribution in [3.8, 4) is 5.19 Å². The quantitative estimate of drug-likeness (QED) is 0.782. The number of aromatic nitrogens is 1. The van der Waals surface area contributed by atoms with E-state index >= 15 is 0 Å². The van der Waals surface area contributed by atoms with Gasteiger partial charge in [-0.25, -0.2) is 4.98 Å². The lowest BCUT2D eigenvalue weighted by atomic mass is 9.97. The van der Waals surface area contributed by atoms with Crippen LogP contribution in [-0.2, 0) is 0 Å². The van der Waals surface area contributed by atoms with Crippen molar-refractivity contribution in [2.24, 2.45) is 5.92 Å². The van der Waals surface area contributed by atoms with Gasteiger partial charge in [-0.2, -0.15) is 0 Å². The maximum atomic E-state index is 5.75. The van der Waals surface area contributed by atoms with Crippen LogP contribution < -0.4 is 10.1 Å². The average Bonchev–Trinajstić information content (AvgIpc) is 2.61. The first kappa shape index (κ1) is 8.97. The zero-order valence-electron chi connectivity index (χ0n) is 7.69. The largest absolute Gasteiger partial charge is 0.465 e. The van der Waals surface area contributed by atoms with E-state index in [1.807, 2.05) is 5.38 Å². The third kappa shape index (κ3) is 2.19. The molecular formula is C9H14N2OS. The van der Waals surface area contributed by atoms with Crippen LogP contribution >= 0.6 is 11.3 Å². The monoisotopic (exact) mass is 198 g/mol. The summed E-state index contributed by atoms with van der Waals surface area (Å²) >= 11 is 1.56. The minimum atomic E-state index is 0.292. The Morgan fingerprint density at radius 2 is 2.62 bits per heavy atom. The van der Waals surface area contributed by atoms with Crippen molar-refractivity contribution in [1.82, 2.24) is 10.3 Å². The molecule has 2 unspecified atom stereocenters. The van der Waals surface area contributed by atoms with Crippen molar-refractivity contribution in [2.45, 2.75) is 19.4 Å². The predicted octanol–water partition coefficient (Wildman–Crippen LogP) is 1.52. The molecule has 0 radical (unpaired) electrons. The molecule has 0 amide bonds. The Morgan fingerprint density at radius 3 is 3.31 bits per heavy atom. The molecule has 0 aromatic carbocycles. The molecule has 1 saturated heterocycles. The molecule has 1 aliphatic heterocycles. The van der Waals surface area contributed by atoms with Gasteiger partial charge in [0.15, 0.2) is 0 Å². The second-order valence-electron chi connectivity index (χ2n) is 3.42. The number of thiazole rings is 1. The smallest absolute Gasteiger partial charge is 0.273 e. The molecule has 1 fully saturated rings. The Labute approximate surface area is 82.1 Å². The zero-order valence-corrected chi connectivity index (χ0v) is 8.51. The van der Waals surface area contributed by atoms with Crippen LogP contribution in [0.25, 0.3) is 0 Å². The highest BCUT2D eigenvalue weighted by molar-refractivity contribution is 7.11. The van der Waals surface area contributed by atoms with Crippen molar-refractivity contribution in [3.63, 3.8) is 0 Å². The van der Waals surface area contributed by atoms with Crippen molar-refractivity contribution in [2.75, 3.05) is 13.1 Å². The van der Waals surface area contributed by atoms with Gasteiger partial charge in [-0.3, -0.25) is 0 Å². The summed E-state index contributed by atoms with van der Waals surface area (Å²) in [5.74, 6) is 0.630. The summed E-state index contributed by atoms with van der Waals surface area (Å²) in [6.45, 7) is 4.29. The molecular weight excluding hydrogens is 184 g/mol.